The molecule has 0 aliphatic carbocycles. The van der Waals surface area contributed by atoms with Crippen molar-refractivity contribution >= 4 is 33.7 Å². The number of anilines is 1. The number of H-pyrrole nitrogens is 1. The summed E-state index contributed by atoms with van der Waals surface area (Å²) in [5.74, 6) is 0.690. The molecule has 0 bridgehead atoms. The molecule has 2 aliphatic rings. The number of nitrogens with zero attached hydrogens (tertiary/aromatic N) is 4. The second kappa shape index (κ2) is 8.89. The van der Waals surface area contributed by atoms with Crippen LogP contribution in [-0.2, 0) is 4.74 Å². The van der Waals surface area contributed by atoms with Crippen LogP contribution in [0, 0.1) is 11.3 Å². The highest BCUT2D eigenvalue weighted by molar-refractivity contribution is 6.06. The molecule has 4 aromatic rings. The van der Waals surface area contributed by atoms with Gasteiger partial charge in [0.2, 0.25) is 0 Å². The molecule has 0 saturated carbocycles. The summed E-state index contributed by atoms with van der Waals surface area (Å²) in [6.45, 7) is 2.81. The van der Waals surface area contributed by atoms with Crippen LogP contribution in [0.4, 0.5) is 10.6 Å². The van der Waals surface area contributed by atoms with Crippen molar-refractivity contribution < 1.29 is 9.53 Å². The van der Waals surface area contributed by atoms with Crippen molar-refractivity contribution in [3.63, 3.8) is 0 Å². The summed E-state index contributed by atoms with van der Waals surface area (Å²) in [6, 6.07) is 12.4. The van der Waals surface area contributed by atoms with E-state index in [1.54, 1.807) is 17.3 Å². The van der Waals surface area contributed by atoms with E-state index in [0.29, 0.717) is 24.5 Å². The number of pyridine rings is 2. The van der Waals surface area contributed by atoms with Crippen LogP contribution in [-0.4, -0.2) is 64.3 Å². The lowest BCUT2D eigenvalue weighted by Crippen LogP contribution is -2.35. The highest BCUT2D eigenvalue weighted by Crippen LogP contribution is 2.36. The topological polar surface area (TPSA) is 119 Å². The molecular formula is C26H25N7O2. The average molecular weight is 468 g/mol. The van der Waals surface area contributed by atoms with Crippen LogP contribution in [0.15, 0.2) is 48.9 Å². The Hall–Kier alpha value is -4.16. The molecule has 5 heterocycles. The number of benzene rings is 1. The number of nitriles is 1. The lowest BCUT2D eigenvalue weighted by atomic mass is 9.97. The van der Waals surface area contributed by atoms with Crippen molar-refractivity contribution in [1.29, 1.82) is 5.26 Å². The fourth-order valence-corrected chi connectivity index (χ4v) is 5.03. The zero-order chi connectivity index (χ0) is 23.8. The summed E-state index contributed by atoms with van der Waals surface area (Å²) >= 11 is 0. The highest BCUT2D eigenvalue weighted by Gasteiger charge is 2.30. The van der Waals surface area contributed by atoms with Gasteiger partial charge in [0.25, 0.3) is 0 Å². The van der Waals surface area contributed by atoms with Crippen LogP contribution in [0.1, 0.15) is 18.4 Å². The standard InChI is InChI=1S/C26H25N7O2/c27-10-16-11-29-23-14-31-24(9-20(23)25(16)21-13-30-22-4-2-1-3-19(21)22)32-17-6-8-33(15-17)26(34)35-18-5-7-28-12-18/h1-4,9,11,13-14,17-18,28,30H,5-8,12,15H2,(H,31,32)/t17?,18-/m1/s1. The smallest absolute Gasteiger partial charge is 0.410 e. The summed E-state index contributed by atoms with van der Waals surface area (Å²) in [5, 5.41) is 18.4. The number of carbonyl (C=O) groups is 1. The van der Waals surface area contributed by atoms with Gasteiger partial charge in [-0.2, -0.15) is 5.26 Å². The SMILES string of the molecule is N#Cc1cnc2cnc(NC3CCN(C(=O)O[C@@H]4CCNC4)C3)cc2c1-c1c[nH]c2ccccc12. The number of hydrogen-bond donors (Lipinski definition) is 3. The van der Waals surface area contributed by atoms with E-state index in [0.717, 1.165) is 58.9 Å². The number of fused-ring (bicyclic) bond motifs is 2. The zero-order valence-corrected chi connectivity index (χ0v) is 19.1. The third-order valence-electron chi connectivity index (χ3n) is 6.81. The first-order valence-corrected chi connectivity index (χ1v) is 11.9. The van der Waals surface area contributed by atoms with E-state index in [-0.39, 0.29) is 18.2 Å². The highest BCUT2D eigenvalue weighted by atomic mass is 16.6. The first kappa shape index (κ1) is 21.4. The van der Waals surface area contributed by atoms with Gasteiger partial charge in [-0.25, -0.2) is 9.78 Å². The fourth-order valence-electron chi connectivity index (χ4n) is 5.03. The molecule has 176 valence electrons. The number of hydrogen-bond acceptors (Lipinski definition) is 7. The Balaban J connectivity index is 1.27. The Morgan fingerprint density at radius 1 is 1.20 bits per heavy atom. The van der Waals surface area contributed by atoms with Crippen molar-refractivity contribution in [1.82, 2.24) is 25.2 Å². The molecule has 6 rings (SSSR count). The predicted molar refractivity (Wildman–Crippen MR) is 133 cm³/mol. The summed E-state index contributed by atoms with van der Waals surface area (Å²) in [5.41, 5.74) is 4.03. The molecule has 2 saturated heterocycles. The van der Waals surface area contributed by atoms with E-state index in [9.17, 15) is 10.1 Å². The molecule has 1 amide bonds. The second-order valence-corrected chi connectivity index (χ2v) is 9.07. The van der Waals surface area contributed by atoms with E-state index in [1.807, 2.05) is 36.5 Å². The number of para-hydroxylation sites is 1. The monoisotopic (exact) mass is 467 g/mol. The van der Waals surface area contributed by atoms with E-state index in [2.05, 4.69) is 31.7 Å². The predicted octanol–water partition coefficient (Wildman–Crippen LogP) is 3.63. The van der Waals surface area contributed by atoms with Crippen LogP contribution in [0.5, 0.6) is 0 Å². The van der Waals surface area contributed by atoms with E-state index in [1.165, 1.54) is 0 Å². The molecule has 1 aromatic carbocycles. The van der Waals surface area contributed by atoms with Gasteiger partial charge in [-0.1, -0.05) is 18.2 Å². The summed E-state index contributed by atoms with van der Waals surface area (Å²) < 4.78 is 5.61. The van der Waals surface area contributed by atoms with Gasteiger partial charge in [0, 0.05) is 65.5 Å². The van der Waals surface area contributed by atoms with E-state index < -0.39 is 0 Å². The molecule has 35 heavy (non-hydrogen) atoms. The van der Waals surface area contributed by atoms with Crippen molar-refractivity contribution in [2.75, 3.05) is 31.5 Å². The maximum absolute atomic E-state index is 12.5. The van der Waals surface area contributed by atoms with Gasteiger partial charge in [0.05, 0.1) is 17.3 Å². The molecule has 0 spiro atoms. The quantitative estimate of drug-likeness (QED) is 0.419. The Labute approximate surface area is 202 Å². The van der Waals surface area contributed by atoms with Crippen molar-refractivity contribution in [2.45, 2.75) is 25.0 Å². The van der Waals surface area contributed by atoms with Gasteiger partial charge in [-0.15, -0.1) is 0 Å². The third-order valence-corrected chi connectivity index (χ3v) is 6.81. The van der Waals surface area contributed by atoms with Crippen LogP contribution in [0.3, 0.4) is 0 Å². The fraction of sp³-hybridized carbons (Fsp3) is 0.308. The normalized spacial score (nSPS) is 19.8. The maximum atomic E-state index is 12.5. The molecule has 3 N–H and O–H groups in total. The number of likely N-dealkylation sites (tertiary alicyclic amines) is 1. The number of rotatable bonds is 4. The summed E-state index contributed by atoms with van der Waals surface area (Å²) in [6.07, 6.45) is 6.65. The second-order valence-electron chi connectivity index (χ2n) is 9.07. The molecule has 9 nitrogen and oxygen atoms in total. The van der Waals surface area contributed by atoms with Crippen molar-refractivity contribution in [2.24, 2.45) is 0 Å². The van der Waals surface area contributed by atoms with Gasteiger partial charge in [-0.05, 0) is 31.5 Å². The molecule has 1 unspecified atom stereocenters. The average Bonchev–Trinajstić information content (AvgIpc) is 3.65. The lowest BCUT2D eigenvalue weighted by molar-refractivity contribution is 0.0766. The Bertz CT molecular complexity index is 1450. The van der Waals surface area contributed by atoms with Gasteiger partial charge < -0.3 is 25.3 Å². The summed E-state index contributed by atoms with van der Waals surface area (Å²) in [4.78, 5) is 26.6. The molecular weight excluding hydrogens is 442 g/mol. The molecule has 2 aliphatic heterocycles. The lowest BCUT2D eigenvalue weighted by Gasteiger charge is -2.19. The van der Waals surface area contributed by atoms with Gasteiger partial charge >= 0.3 is 6.09 Å². The van der Waals surface area contributed by atoms with Crippen molar-refractivity contribution in [3.05, 3.63) is 54.5 Å². The number of aromatic amines is 1. The number of aromatic nitrogens is 3. The number of amides is 1. The first-order valence-electron chi connectivity index (χ1n) is 11.9. The van der Waals surface area contributed by atoms with E-state index in [4.69, 9.17) is 4.74 Å². The number of ether oxygens (including phenoxy) is 1. The van der Waals surface area contributed by atoms with Crippen LogP contribution in [0.25, 0.3) is 32.9 Å². The largest absolute Gasteiger partial charge is 0.445 e. The Kier molecular flexibility index (Phi) is 5.43. The first-order chi connectivity index (χ1) is 17.2. The van der Waals surface area contributed by atoms with Crippen LogP contribution >= 0.6 is 0 Å². The molecule has 2 atom stereocenters. The molecule has 9 heteroatoms. The molecule has 2 fully saturated rings. The van der Waals surface area contributed by atoms with Gasteiger partial charge in [0.15, 0.2) is 0 Å². The zero-order valence-electron chi connectivity index (χ0n) is 19.1. The Morgan fingerprint density at radius 2 is 2.11 bits per heavy atom. The van der Waals surface area contributed by atoms with Crippen LogP contribution < -0.4 is 10.6 Å². The Morgan fingerprint density at radius 3 is 2.97 bits per heavy atom. The molecule has 3 aromatic heterocycles. The van der Waals surface area contributed by atoms with Crippen LogP contribution in [0.2, 0.25) is 0 Å². The van der Waals surface area contributed by atoms with Gasteiger partial charge in [-0.3, -0.25) is 4.98 Å². The third kappa shape index (κ3) is 4.02. The maximum Gasteiger partial charge on any atom is 0.410 e. The van der Waals surface area contributed by atoms with Gasteiger partial charge in [0.1, 0.15) is 18.0 Å². The minimum atomic E-state index is -0.251. The molecule has 0 radical (unpaired) electrons. The number of carbonyl (C=O) groups excluding carboxylic acids is 1. The minimum absolute atomic E-state index is 0.0403. The number of nitrogens with one attached hydrogen (secondary N) is 3. The van der Waals surface area contributed by atoms with E-state index >= 15 is 0 Å². The minimum Gasteiger partial charge on any atom is -0.445 e. The summed E-state index contributed by atoms with van der Waals surface area (Å²) in [7, 11) is 0. The van der Waals surface area contributed by atoms with Crippen molar-refractivity contribution in [3.8, 4) is 17.2 Å².